The van der Waals surface area contributed by atoms with Crippen molar-refractivity contribution in [3.63, 3.8) is 0 Å². The fraction of sp³-hybridized carbons (Fsp3) is 0. The van der Waals surface area contributed by atoms with Gasteiger partial charge in [0.15, 0.2) is 0 Å². The third kappa shape index (κ3) is 2.77. The summed E-state index contributed by atoms with van der Waals surface area (Å²) in [5.74, 6) is -1.22. The van der Waals surface area contributed by atoms with E-state index in [1.807, 2.05) is 60.7 Å². The lowest BCUT2D eigenvalue weighted by Crippen LogP contribution is -2.20. The van der Waals surface area contributed by atoms with E-state index in [-0.39, 0.29) is 0 Å². The van der Waals surface area contributed by atoms with Crippen LogP contribution < -0.4 is 4.90 Å². The minimum atomic E-state index is -0.609. The molecule has 0 aromatic heterocycles. The Labute approximate surface area is 184 Å². The molecule has 0 atom stereocenters. The zero-order valence-electron chi connectivity index (χ0n) is 17.0. The summed E-state index contributed by atoms with van der Waals surface area (Å²) >= 11 is 0. The predicted molar refractivity (Wildman–Crippen MR) is 126 cm³/mol. The number of ether oxygens (including phenoxy) is 1. The van der Waals surface area contributed by atoms with Crippen LogP contribution in [-0.2, 0) is 4.74 Å². The number of para-hydroxylation sites is 1. The summed E-state index contributed by atoms with van der Waals surface area (Å²) in [6.07, 6.45) is 0. The van der Waals surface area contributed by atoms with E-state index >= 15 is 0 Å². The Balaban J connectivity index is 1.66. The minimum Gasteiger partial charge on any atom is -0.386 e. The maximum absolute atomic E-state index is 12.4. The third-order valence-electron chi connectivity index (χ3n) is 5.89. The van der Waals surface area contributed by atoms with Crippen LogP contribution in [0.25, 0.3) is 21.5 Å². The number of benzene rings is 5. The summed E-state index contributed by atoms with van der Waals surface area (Å²) in [5.41, 5.74) is 3.67. The number of anilines is 3. The van der Waals surface area contributed by atoms with Crippen LogP contribution in [0.4, 0.5) is 17.1 Å². The van der Waals surface area contributed by atoms with Crippen LogP contribution >= 0.6 is 0 Å². The molecule has 0 unspecified atom stereocenters. The molecular weight excluding hydrogens is 398 g/mol. The van der Waals surface area contributed by atoms with Gasteiger partial charge < -0.3 is 9.64 Å². The van der Waals surface area contributed by atoms with E-state index in [4.69, 9.17) is 4.74 Å². The van der Waals surface area contributed by atoms with Crippen LogP contribution in [0.15, 0.2) is 103 Å². The fourth-order valence-corrected chi connectivity index (χ4v) is 4.44. The van der Waals surface area contributed by atoms with Crippen LogP contribution in [0.3, 0.4) is 0 Å². The number of nitrogens with zero attached hydrogens (tertiary/aromatic N) is 1. The van der Waals surface area contributed by atoms with E-state index in [0.717, 1.165) is 33.2 Å². The molecule has 0 saturated carbocycles. The first-order valence-corrected chi connectivity index (χ1v) is 10.4. The van der Waals surface area contributed by atoms with E-state index < -0.39 is 11.9 Å². The van der Waals surface area contributed by atoms with Crippen molar-refractivity contribution in [2.24, 2.45) is 0 Å². The lowest BCUT2D eigenvalue weighted by atomic mass is 9.95. The summed E-state index contributed by atoms with van der Waals surface area (Å²) < 4.78 is 4.93. The topological polar surface area (TPSA) is 46.6 Å². The highest BCUT2D eigenvalue weighted by atomic mass is 16.6. The zero-order chi connectivity index (χ0) is 21.7. The van der Waals surface area contributed by atoms with E-state index in [1.54, 1.807) is 12.1 Å². The second-order valence-electron chi connectivity index (χ2n) is 7.74. The SMILES string of the molecule is O=C1OC(=O)c2ccc(N(c3ccccc3)c3ccc4ccccc4c3)c3cccc1c23. The van der Waals surface area contributed by atoms with Crippen LogP contribution in [0.1, 0.15) is 20.7 Å². The highest BCUT2D eigenvalue weighted by Crippen LogP contribution is 2.42. The Morgan fingerprint density at radius 3 is 2.09 bits per heavy atom. The molecule has 0 spiro atoms. The van der Waals surface area contributed by atoms with Gasteiger partial charge in [0, 0.05) is 22.1 Å². The summed E-state index contributed by atoms with van der Waals surface area (Å²) in [6, 6.07) is 33.8. The molecule has 0 amide bonds. The fourth-order valence-electron chi connectivity index (χ4n) is 4.44. The predicted octanol–water partition coefficient (Wildman–Crippen LogP) is 6.77. The molecule has 4 nitrogen and oxygen atoms in total. The average Bonchev–Trinajstić information content (AvgIpc) is 2.84. The van der Waals surface area contributed by atoms with Gasteiger partial charge in [-0.15, -0.1) is 0 Å². The standard InChI is InChI=1S/C28H17NO3/c30-27-23-12-6-11-22-25(16-15-24(26(22)23)28(31)32-27)29(20-9-2-1-3-10-20)21-14-13-18-7-4-5-8-19(18)17-21/h1-17H. The molecule has 0 fully saturated rings. The van der Waals surface area contributed by atoms with Crippen LogP contribution in [0, 0.1) is 0 Å². The monoisotopic (exact) mass is 415 g/mol. The Bertz CT molecular complexity index is 1520. The van der Waals surface area contributed by atoms with Crippen molar-refractivity contribution < 1.29 is 14.3 Å². The van der Waals surface area contributed by atoms with Crippen molar-refractivity contribution in [2.45, 2.75) is 0 Å². The summed E-state index contributed by atoms with van der Waals surface area (Å²) in [6.45, 7) is 0. The van der Waals surface area contributed by atoms with Gasteiger partial charge in [0.2, 0.25) is 0 Å². The van der Waals surface area contributed by atoms with E-state index in [2.05, 4.69) is 35.2 Å². The van der Waals surface area contributed by atoms with Gasteiger partial charge in [-0.3, -0.25) is 0 Å². The van der Waals surface area contributed by atoms with Crippen molar-refractivity contribution in [2.75, 3.05) is 4.90 Å². The van der Waals surface area contributed by atoms with E-state index in [1.165, 1.54) is 0 Å². The third-order valence-corrected chi connectivity index (χ3v) is 5.89. The van der Waals surface area contributed by atoms with Gasteiger partial charge in [-0.05, 0) is 53.2 Å². The van der Waals surface area contributed by atoms with Crippen LogP contribution in [-0.4, -0.2) is 11.9 Å². The molecular formula is C28H17NO3. The van der Waals surface area contributed by atoms with Crippen LogP contribution in [0.5, 0.6) is 0 Å². The van der Waals surface area contributed by atoms with Gasteiger partial charge in [-0.1, -0.05) is 60.7 Å². The quantitative estimate of drug-likeness (QED) is 0.241. The number of carbonyl (C=O) groups excluding carboxylic acids is 2. The normalized spacial score (nSPS) is 12.8. The maximum atomic E-state index is 12.4. The van der Waals surface area contributed by atoms with Gasteiger partial charge in [-0.2, -0.15) is 0 Å². The molecule has 0 N–H and O–H groups in total. The number of cyclic esters (lactones) is 2. The smallest absolute Gasteiger partial charge is 0.346 e. The highest BCUT2D eigenvalue weighted by Gasteiger charge is 2.29. The van der Waals surface area contributed by atoms with Gasteiger partial charge in [0.25, 0.3) is 0 Å². The maximum Gasteiger partial charge on any atom is 0.346 e. The average molecular weight is 415 g/mol. The lowest BCUT2D eigenvalue weighted by Gasteiger charge is -2.28. The minimum absolute atomic E-state index is 0.408. The van der Waals surface area contributed by atoms with Crippen molar-refractivity contribution in [1.29, 1.82) is 0 Å². The molecule has 1 aliphatic heterocycles. The molecule has 5 aromatic rings. The molecule has 6 rings (SSSR count). The molecule has 4 heteroatoms. The van der Waals surface area contributed by atoms with Gasteiger partial charge in [-0.25, -0.2) is 9.59 Å². The molecule has 0 radical (unpaired) electrons. The molecule has 5 aromatic carbocycles. The summed E-state index contributed by atoms with van der Waals surface area (Å²) in [7, 11) is 0. The number of carbonyl (C=O) groups is 2. The first kappa shape index (κ1) is 18.3. The van der Waals surface area contributed by atoms with Crippen molar-refractivity contribution in [3.05, 3.63) is 114 Å². The number of fused-ring (bicyclic) bond motifs is 1. The second-order valence-corrected chi connectivity index (χ2v) is 7.74. The van der Waals surface area contributed by atoms with E-state index in [0.29, 0.717) is 16.5 Å². The highest BCUT2D eigenvalue weighted by molar-refractivity contribution is 6.23. The molecule has 152 valence electrons. The Morgan fingerprint density at radius 1 is 0.562 bits per heavy atom. The molecule has 0 saturated heterocycles. The summed E-state index contributed by atoms with van der Waals surface area (Å²) in [5, 5.41) is 3.75. The number of hydrogen-bond donors (Lipinski definition) is 0. The Hall–Kier alpha value is -4.44. The van der Waals surface area contributed by atoms with Crippen LogP contribution in [0.2, 0.25) is 0 Å². The second kappa shape index (κ2) is 7.06. The number of hydrogen-bond acceptors (Lipinski definition) is 4. The van der Waals surface area contributed by atoms with Crippen molar-refractivity contribution in [1.82, 2.24) is 0 Å². The van der Waals surface area contributed by atoms with Gasteiger partial charge >= 0.3 is 11.9 Å². The van der Waals surface area contributed by atoms with Crippen molar-refractivity contribution >= 4 is 50.5 Å². The van der Waals surface area contributed by atoms with E-state index in [9.17, 15) is 9.59 Å². The van der Waals surface area contributed by atoms with Gasteiger partial charge in [0.1, 0.15) is 0 Å². The first-order valence-electron chi connectivity index (χ1n) is 10.4. The molecule has 0 bridgehead atoms. The first-order chi connectivity index (χ1) is 15.7. The Kier molecular flexibility index (Phi) is 4.05. The molecule has 1 heterocycles. The van der Waals surface area contributed by atoms with Crippen molar-refractivity contribution in [3.8, 4) is 0 Å². The zero-order valence-corrected chi connectivity index (χ0v) is 17.0. The van der Waals surface area contributed by atoms with Gasteiger partial charge in [0.05, 0.1) is 16.8 Å². The number of esters is 2. The molecule has 32 heavy (non-hydrogen) atoms. The summed E-state index contributed by atoms with van der Waals surface area (Å²) in [4.78, 5) is 26.9. The lowest BCUT2D eigenvalue weighted by molar-refractivity contribution is 0.0391. The molecule has 0 aliphatic carbocycles. The Morgan fingerprint density at radius 2 is 1.28 bits per heavy atom. The molecule has 1 aliphatic rings. The largest absolute Gasteiger partial charge is 0.386 e. The number of rotatable bonds is 3.